The molecule has 0 saturated carbocycles. The molecule has 26 heavy (non-hydrogen) atoms. The first-order chi connectivity index (χ1) is 12.3. The minimum absolute atomic E-state index is 0.590. The van der Waals surface area contributed by atoms with Crippen molar-refractivity contribution in [1.29, 1.82) is 0 Å². The van der Waals surface area contributed by atoms with Crippen LogP contribution in [0, 0.1) is 11.6 Å². The summed E-state index contributed by atoms with van der Waals surface area (Å²) in [6.45, 7) is 1.67. The summed E-state index contributed by atoms with van der Waals surface area (Å²) in [5.41, 5.74) is 1.46. The highest BCUT2D eigenvalue weighted by molar-refractivity contribution is 7.89. The van der Waals surface area contributed by atoms with Crippen LogP contribution in [0.3, 0.4) is 0 Å². The number of sulfonamides is 1. The van der Waals surface area contributed by atoms with Crippen molar-refractivity contribution in [3.05, 3.63) is 72.3 Å². The van der Waals surface area contributed by atoms with Crippen molar-refractivity contribution in [3.8, 4) is 5.69 Å². The lowest BCUT2D eigenvalue weighted by molar-refractivity contribution is 0.394. The molecule has 0 aliphatic rings. The van der Waals surface area contributed by atoms with Crippen LogP contribution < -0.4 is 0 Å². The third kappa shape index (κ3) is 3.35. The van der Waals surface area contributed by atoms with Gasteiger partial charge in [0, 0.05) is 13.1 Å². The Morgan fingerprint density at radius 3 is 2.42 bits per heavy atom. The van der Waals surface area contributed by atoms with Crippen LogP contribution in [0.4, 0.5) is 8.78 Å². The Kier molecular flexibility index (Phi) is 4.84. The van der Waals surface area contributed by atoms with Crippen molar-refractivity contribution in [2.24, 2.45) is 0 Å². The summed E-state index contributed by atoms with van der Waals surface area (Å²) in [4.78, 5) is 3.17. The minimum Gasteiger partial charge on any atom is -0.223 e. The SMILES string of the molecule is C[C@@H](c1ccc(-n2cncn2)cc1)N(C)S(=O)(=O)c1cc(F)ccc1F. The molecule has 0 N–H and O–H groups in total. The molecule has 0 radical (unpaired) electrons. The van der Waals surface area contributed by atoms with E-state index in [2.05, 4.69) is 10.1 Å². The molecule has 3 rings (SSSR count). The van der Waals surface area contributed by atoms with Gasteiger partial charge in [0.1, 0.15) is 29.2 Å². The lowest BCUT2D eigenvalue weighted by Gasteiger charge is -2.25. The van der Waals surface area contributed by atoms with Gasteiger partial charge in [0.2, 0.25) is 10.0 Å². The van der Waals surface area contributed by atoms with Gasteiger partial charge < -0.3 is 0 Å². The van der Waals surface area contributed by atoms with Gasteiger partial charge in [0.05, 0.1) is 5.69 Å². The molecule has 0 spiro atoms. The zero-order valence-electron chi connectivity index (χ0n) is 14.0. The Morgan fingerprint density at radius 1 is 1.12 bits per heavy atom. The van der Waals surface area contributed by atoms with Gasteiger partial charge in [-0.15, -0.1) is 0 Å². The van der Waals surface area contributed by atoms with Crippen molar-refractivity contribution in [1.82, 2.24) is 19.1 Å². The fraction of sp³-hybridized carbons (Fsp3) is 0.176. The van der Waals surface area contributed by atoms with Crippen LogP contribution in [-0.4, -0.2) is 34.5 Å². The Balaban J connectivity index is 1.89. The molecule has 1 atom stereocenters. The minimum atomic E-state index is -4.20. The normalized spacial score (nSPS) is 13.1. The standard InChI is InChI=1S/C17H16F2N4O2S/c1-12(13-3-6-15(7-4-13)23-11-20-10-21-23)22(2)26(24,25)17-9-14(18)5-8-16(17)19/h3-12H,1-2H3/t12-/m0/s1. The number of aromatic nitrogens is 3. The van der Waals surface area contributed by atoms with Crippen LogP contribution in [-0.2, 0) is 10.0 Å². The average Bonchev–Trinajstić information content (AvgIpc) is 3.17. The molecule has 0 amide bonds. The van der Waals surface area contributed by atoms with Crippen molar-refractivity contribution in [2.45, 2.75) is 17.9 Å². The van der Waals surface area contributed by atoms with Crippen LogP contribution in [0.1, 0.15) is 18.5 Å². The molecule has 6 nitrogen and oxygen atoms in total. The number of rotatable bonds is 5. The molecule has 0 aliphatic heterocycles. The average molecular weight is 378 g/mol. The maximum Gasteiger partial charge on any atom is 0.246 e. The molecule has 0 saturated heterocycles. The zero-order valence-corrected chi connectivity index (χ0v) is 14.9. The summed E-state index contributed by atoms with van der Waals surface area (Å²) in [6, 6.07) is 8.79. The summed E-state index contributed by atoms with van der Waals surface area (Å²) in [6.07, 6.45) is 2.95. The highest BCUT2D eigenvalue weighted by Gasteiger charge is 2.29. The van der Waals surface area contributed by atoms with E-state index in [0.29, 0.717) is 11.6 Å². The van der Waals surface area contributed by atoms with Gasteiger partial charge >= 0.3 is 0 Å². The maximum absolute atomic E-state index is 13.9. The summed E-state index contributed by atoms with van der Waals surface area (Å²) < 4.78 is 55.2. The second-order valence-corrected chi connectivity index (χ2v) is 7.67. The number of nitrogens with zero attached hydrogens (tertiary/aromatic N) is 4. The largest absolute Gasteiger partial charge is 0.246 e. The zero-order chi connectivity index (χ0) is 18.9. The van der Waals surface area contributed by atoms with Crippen molar-refractivity contribution in [3.63, 3.8) is 0 Å². The summed E-state index contributed by atoms with van der Waals surface area (Å²) >= 11 is 0. The van der Waals surface area contributed by atoms with Gasteiger partial charge in [-0.2, -0.15) is 9.40 Å². The Bertz CT molecular complexity index is 1010. The fourth-order valence-corrected chi connectivity index (χ4v) is 3.92. The maximum atomic E-state index is 13.9. The quantitative estimate of drug-likeness (QED) is 0.685. The first kappa shape index (κ1) is 18.2. The molecular weight excluding hydrogens is 362 g/mol. The van der Waals surface area contributed by atoms with E-state index in [-0.39, 0.29) is 0 Å². The Morgan fingerprint density at radius 2 is 1.81 bits per heavy atom. The monoisotopic (exact) mass is 378 g/mol. The predicted octanol–water partition coefficient (Wildman–Crippen LogP) is 2.93. The molecule has 0 aliphatic carbocycles. The number of benzene rings is 2. The van der Waals surface area contributed by atoms with Crippen LogP contribution in [0.2, 0.25) is 0 Å². The number of hydrogen-bond donors (Lipinski definition) is 0. The van der Waals surface area contributed by atoms with Crippen LogP contribution in [0.25, 0.3) is 5.69 Å². The van der Waals surface area contributed by atoms with Crippen LogP contribution >= 0.6 is 0 Å². The van der Waals surface area contributed by atoms with E-state index >= 15 is 0 Å². The lowest BCUT2D eigenvalue weighted by atomic mass is 10.1. The van der Waals surface area contributed by atoms with Gasteiger partial charge in [0.15, 0.2) is 0 Å². The van der Waals surface area contributed by atoms with Crippen LogP contribution in [0.5, 0.6) is 0 Å². The highest BCUT2D eigenvalue weighted by atomic mass is 32.2. The molecule has 0 bridgehead atoms. The molecular formula is C17H16F2N4O2S. The first-order valence-corrected chi connectivity index (χ1v) is 9.13. The van der Waals surface area contributed by atoms with E-state index in [4.69, 9.17) is 0 Å². The predicted molar refractivity (Wildman–Crippen MR) is 91.1 cm³/mol. The molecule has 1 aromatic heterocycles. The Labute approximate surface area is 149 Å². The van der Waals surface area contributed by atoms with Crippen LogP contribution in [0.15, 0.2) is 60.0 Å². The summed E-state index contributed by atoms with van der Waals surface area (Å²) in [5.74, 6) is -1.81. The summed E-state index contributed by atoms with van der Waals surface area (Å²) in [5, 5.41) is 4.02. The van der Waals surface area contributed by atoms with E-state index in [1.165, 1.54) is 13.4 Å². The second-order valence-electron chi connectivity index (χ2n) is 5.70. The molecule has 2 aromatic carbocycles. The van der Waals surface area contributed by atoms with E-state index in [1.807, 2.05) is 0 Å². The molecule has 1 heterocycles. The molecule has 9 heteroatoms. The van der Waals surface area contributed by atoms with Crippen molar-refractivity contribution >= 4 is 10.0 Å². The van der Waals surface area contributed by atoms with Gasteiger partial charge in [-0.3, -0.25) is 0 Å². The smallest absolute Gasteiger partial charge is 0.223 e. The van der Waals surface area contributed by atoms with E-state index in [0.717, 1.165) is 22.1 Å². The van der Waals surface area contributed by atoms with Gasteiger partial charge in [-0.1, -0.05) is 12.1 Å². The van der Waals surface area contributed by atoms with E-state index < -0.39 is 32.6 Å². The molecule has 0 fully saturated rings. The molecule has 0 unspecified atom stereocenters. The Hall–Kier alpha value is -2.65. The topological polar surface area (TPSA) is 68.1 Å². The van der Waals surface area contributed by atoms with Gasteiger partial charge in [0.25, 0.3) is 0 Å². The number of halogens is 2. The van der Waals surface area contributed by atoms with E-state index in [1.54, 1.807) is 42.2 Å². The first-order valence-electron chi connectivity index (χ1n) is 7.69. The summed E-state index contributed by atoms with van der Waals surface area (Å²) in [7, 11) is -2.87. The third-order valence-corrected chi connectivity index (χ3v) is 6.10. The van der Waals surface area contributed by atoms with Crippen molar-refractivity contribution < 1.29 is 17.2 Å². The molecule has 3 aromatic rings. The van der Waals surface area contributed by atoms with Gasteiger partial charge in [-0.05, 0) is 42.8 Å². The van der Waals surface area contributed by atoms with Crippen molar-refractivity contribution in [2.75, 3.05) is 7.05 Å². The van der Waals surface area contributed by atoms with E-state index in [9.17, 15) is 17.2 Å². The second kappa shape index (κ2) is 6.93. The fourth-order valence-electron chi connectivity index (χ4n) is 2.50. The lowest BCUT2D eigenvalue weighted by Crippen LogP contribution is -2.30. The molecule has 136 valence electrons. The highest BCUT2D eigenvalue weighted by Crippen LogP contribution is 2.28. The van der Waals surface area contributed by atoms with Gasteiger partial charge in [-0.25, -0.2) is 26.9 Å². The third-order valence-electron chi connectivity index (χ3n) is 4.15. The number of hydrogen-bond acceptors (Lipinski definition) is 4.